The topological polar surface area (TPSA) is 88.2 Å². The van der Waals surface area contributed by atoms with Crippen molar-refractivity contribution in [2.45, 2.75) is 31.6 Å². The van der Waals surface area contributed by atoms with E-state index < -0.39 is 10.0 Å². The molecule has 9 heteroatoms. The van der Waals surface area contributed by atoms with Crippen molar-refractivity contribution in [2.24, 2.45) is 0 Å². The number of nitrogens with zero attached hydrogens (tertiary/aromatic N) is 1. The van der Waals surface area contributed by atoms with Gasteiger partial charge < -0.3 is 5.32 Å². The Morgan fingerprint density at radius 2 is 1.93 bits per heavy atom. The highest BCUT2D eigenvalue weighted by Gasteiger charge is 2.15. The lowest BCUT2D eigenvalue weighted by Gasteiger charge is -2.08. The second-order valence-electron chi connectivity index (χ2n) is 6.88. The van der Waals surface area contributed by atoms with Gasteiger partial charge in [0.05, 0.1) is 4.90 Å². The molecule has 0 spiro atoms. The van der Waals surface area contributed by atoms with Gasteiger partial charge in [0.25, 0.3) is 0 Å². The first-order valence-corrected chi connectivity index (χ1v) is 11.6. The second-order valence-corrected chi connectivity index (χ2v) is 9.76. The largest absolute Gasteiger partial charge is 0.302 e. The molecule has 2 N–H and O–H groups in total. The van der Waals surface area contributed by atoms with E-state index >= 15 is 0 Å². The molecule has 0 saturated heterocycles. The van der Waals surface area contributed by atoms with Crippen molar-refractivity contribution < 1.29 is 17.6 Å². The molecule has 0 saturated carbocycles. The molecule has 0 unspecified atom stereocenters. The lowest BCUT2D eigenvalue weighted by molar-refractivity contribution is -0.116. The highest BCUT2D eigenvalue weighted by Crippen LogP contribution is 2.21. The molecule has 0 fully saturated rings. The molecule has 1 heterocycles. The summed E-state index contributed by atoms with van der Waals surface area (Å²) < 4.78 is 40.4. The summed E-state index contributed by atoms with van der Waals surface area (Å²) in [6.07, 6.45) is 2.12. The molecule has 0 radical (unpaired) electrons. The van der Waals surface area contributed by atoms with E-state index in [1.165, 1.54) is 23.5 Å². The molecule has 158 valence electrons. The summed E-state index contributed by atoms with van der Waals surface area (Å²) in [6, 6.07) is 11.2. The molecule has 30 heavy (non-hydrogen) atoms. The standard InChI is InChI=1S/C21H22FN3O3S2/c1-14-6-7-19(10-15(14)2)30(27,28)24-9-8-20(26)25-21-23-13-18(29-21)12-16-4-3-5-17(22)11-16/h3-7,10-11,13,24H,8-9,12H2,1-2H3,(H,23,25,26). The van der Waals surface area contributed by atoms with Gasteiger partial charge in [0.1, 0.15) is 5.82 Å². The van der Waals surface area contributed by atoms with E-state index in [4.69, 9.17) is 0 Å². The Bertz CT molecular complexity index is 1160. The monoisotopic (exact) mass is 447 g/mol. The number of benzene rings is 2. The van der Waals surface area contributed by atoms with Crippen molar-refractivity contribution in [2.75, 3.05) is 11.9 Å². The number of hydrogen-bond donors (Lipinski definition) is 2. The number of carbonyl (C=O) groups is 1. The van der Waals surface area contributed by atoms with E-state index in [0.29, 0.717) is 11.6 Å². The van der Waals surface area contributed by atoms with Crippen LogP contribution in [-0.2, 0) is 21.2 Å². The third kappa shape index (κ3) is 5.94. The van der Waals surface area contributed by atoms with Gasteiger partial charge in [-0.3, -0.25) is 4.79 Å². The maximum absolute atomic E-state index is 13.3. The molecular weight excluding hydrogens is 425 g/mol. The number of rotatable bonds is 8. The van der Waals surface area contributed by atoms with Crippen molar-refractivity contribution in [3.05, 3.63) is 76.0 Å². The predicted octanol–water partition coefficient (Wildman–Crippen LogP) is 3.80. The van der Waals surface area contributed by atoms with Crippen LogP contribution in [0.1, 0.15) is 28.0 Å². The summed E-state index contributed by atoms with van der Waals surface area (Å²) in [5.74, 6) is -0.641. The van der Waals surface area contributed by atoms with Gasteiger partial charge in [0.2, 0.25) is 15.9 Å². The van der Waals surface area contributed by atoms with Crippen LogP contribution in [0.25, 0.3) is 0 Å². The van der Waals surface area contributed by atoms with Crippen LogP contribution < -0.4 is 10.0 Å². The zero-order chi connectivity index (χ0) is 21.7. The van der Waals surface area contributed by atoms with Gasteiger partial charge in [-0.2, -0.15) is 0 Å². The number of amides is 1. The predicted molar refractivity (Wildman–Crippen MR) is 116 cm³/mol. The Morgan fingerprint density at radius 1 is 1.13 bits per heavy atom. The minimum Gasteiger partial charge on any atom is -0.302 e. The van der Waals surface area contributed by atoms with E-state index in [9.17, 15) is 17.6 Å². The van der Waals surface area contributed by atoms with Crippen molar-refractivity contribution in [1.82, 2.24) is 9.71 Å². The van der Waals surface area contributed by atoms with Gasteiger partial charge in [0.15, 0.2) is 5.13 Å². The molecule has 0 atom stereocenters. The van der Waals surface area contributed by atoms with E-state index in [-0.39, 0.29) is 29.6 Å². The van der Waals surface area contributed by atoms with Crippen molar-refractivity contribution in [1.29, 1.82) is 0 Å². The number of aromatic nitrogens is 1. The SMILES string of the molecule is Cc1ccc(S(=O)(=O)NCCC(=O)Nc2ncc(Cc3cccc(F)c3)s2)cc1C. The van der Waals surface area contributed by atoms with Gasteiger partial charge >= 0.3 is 0 Å². The Balaban J connectivity index is 1.50. The fourth-order valence-electron chi connectivity index (χ4n) is 2.74. The number of nitrogens with one attached hydrogen (secondary N) is 2. The highest BCUT2D eigenvalue weighted by molar-refractivity contribution is 7.89. The lowest BCUT2D eigenvalue weighted by atomic mass is 10.1. The first-order chi connectivity index (χ1) is 14.2. The quantitative estimate of drug-likeness (QED) is 0.550. The molecule has 1 aromatic heterocycles. The van der Waals surface area contributed by atoms with E-state index in [1.807, 2.05) is 19.9 Å². The Hall–Kier alpha value is -2.62. The highest BCUT2D eigenvalue weighted by atomic mass is 32.2. The number of halogens is 1. The Labute approximate surface area is 179 Å². The van der Waals surface area contributed by atoms with Gasteiger partial charge in [0, 0.05) is 30.5 Å². The van der Waals surface area contributed by atoms with Crippen molar-refractivity contribution in [3.8, 4) is 0 Å². The summed E-state index contributed by atoms with van der Waals surface area (Å²) in [7, 11) is -3.68. The molecule has 3 rings (SSSR count). The van der Waals surface area contributed by atoms with Gasteiger partial charge in [-0.1, -0.05) is 18.2 Å². The third-order valence-electron chi connectivity index (χ3n) is 4.50. The van der Waals surface area contributed by atoms with Gasteiger partial charge in [-0.05, 0) is 54.8 Å². The summed E-state index contributed by atoms with van der Waals surface area (Å²) in [4.78, 5) is 17.3. The summed E-state index contributed by atoms with van der Waals surface area (Å²) in [5.41, 5.74) is 2.71. The van der Waals surface area contributed by atoms with Crippen LogP contribution in [0.3, 0.4) is 0 Å². The van der Waals surface area contributed by atoms with Crippen molar-refractivity contribution in [3.63, 3.8) is 0 Å². The average Bonchev–Trinajstić information content (AvgIpc) is 3.10. The molecule has 0 bridgehead atoms. The first-order valence-electron chi connectivity index (χ1n) is 9.29. The number of aryl methyl sites for hydroxylation is 2. The molecule has 1 amide bonds. The minimum absolute atomic E-state index is 0.0249. The second kappa shape index (κ2) is 9.46. The van der Waals surface area contributed by atoms with Crippen LogP contribution in [-0.4, -0.2) is 25.9 Å². The molecule has 0 aliphatic rings. The van der Waals surface area contributed by atoms with Gasteiger partial charge in [-0.15, -0.1) is 11.3 Å². The summed E-state index contributed by atoms with van der Waals surface area (Å²) in [5, 5.41) is 3.08. The molecule has 0 aliphatic carbocycles. The van der Waals surface area contributed by atoms with E-state index in [2.05, 4.69) is 15.0 Å². The summed E-state index contributed by atoms with van der Waals surface area (Å²) in [6.45, 7) is 3.73. The molecule has 0 aliphatic heterocycles. The normalized spacial score (nSPS) is 11.4. The maximum Gasteiger partial charge on any atom is 0.240 e. The molecular formula is C21H22FN3O3S2. The van der Waals surface area contributed by atoms with Crippen LogP contribution >= 0.6 is 11.3 Å². The smallest absolute Gasteiger partial charge is 0.240 e. The van der Waals surface area contributed by atoms with E-state index in [1.54, 1.807) is 30.5 Å². The zero-order valence-corrected chi connectivity index (χ0v) is 18.2. The molecule has 2 aromatic carbocycles. The van der Waals surface area contributed by atoms with Crippen LogP contribution in [0.5, 0.6) is 0 Å². The first kappa shape index (κ1) is 22.1. The van der Waals surface area contributed by atoms with Crippen LogP contribution in [0, 0.1) is 19.7 Å². The fraction of sp³-hybridized carbons (Fsp3) is 0.238. The van der Waals surface area contributed by atoms with Crippen LogP contribution in [0.2, 0.25) is 0 Å². The number of hydrogen-bond acceptors (Lipinski definition) is 5. The van der Waals surface area contributed by atoms with Gasteiger partial charge in [-0.25, -0.2) is 22.5 Å². The number of sulfonamides is 1. The maximum atomic E-state index is 13.3. The zero-order valence-electron chi connectivity index (χ0n) is 16.6. The number of thiazole rings is 1. The van der Waals surface area contributed by atoms with E-state index in [0.717, 1.165) is 21.6 Å². The minimum atomic E-state index is -3.68. The molecule has 6 nitrogen and oxygen atoms in total. The lowest BCUT2D eigenvalue weighted by Crippen LogP contribution is -2.28. The van der Waals surface area contributed by atoms with Crippen LogP contribution in [0.15, 0.2) is 53.6 Å². The van der Waals surface area contributed by atoms with Crippen LogP contribution in [0.4, 0.5) is 9.52 Å². The third-order valence-corrected chi connectivity index (χ3v) is 6.87. The number of carbonyl (C=O) groups excluding carboxylic acids is 1. The fourth-order valence-corrected chi connectivity index (χ4v) is 4.72. The average molecular weight is 448 g/mol. The Kier molecular flexibility index (Phi) is 6.96. The molecule has 3 aromatic rings. The number of anilines is 1. The Morgan fingerprint density at radius 3 is 2.67 bits per heavy atom. The summed E-state index contributed by atoms with van der Waals surface area (Å²) >= 11 is 1.30. The van der Waals surface area contributed by atoms with Crippen molar-refractivity contribution >= 4 is 32.4 Å².